The molecule has 0 radical (unpaired) electrons. The third-order valence-corrected chi connectivity index (χ3v) is 5.11. The quantitative estimate of drug-likeness (QED) is 0.859. The van der Waals surface area contributed by atoms with Crippen LogP contribution in [-0.2, 0) is 22.5 Å². The van der Waals surface area contributed by atoms with Crippen LogP contribution >= 0.6 is 11.3 Å². The fourth-order valence-electron chi connectivity index (χ4n) is 2.81. The third kappa shape index (κ3) is 4.63. The molecule has 1 aliphatic heterocycles. The number of benzene rings is 1. The summed E-state index contributed by atoms with van der Waals surface area (Å²) in [6.45, 7) is 8.64. The van der Waals surface area contributed by atoms with Gasteiger partial charge < -0.3 is 15.0 Å². The Bertz CT molecular complexity index is 708. The second-order valence-electron chi connectivity index (χ2n) is 6.32. The highest BCUT2D eigenvalue weighted by atomic mass is 32.1. The first-order chi connectivity index (χ1) is 11.6. The minimum atomic E-state index is -0.0108. The maximum atomic E-state index is 12.3. The number of nitrogens with one attached hydrogen (secondary N) is 2. The number of carbonyl (C=O) groups excluding carboxylic acids is 1. The summed E-state index contributed by atoms with van der Waals surface area (Å²) in [7, 11) is 0. The van der Waals surface area contributed by atoms with Gasteiger partial charge in [-0.15, -0.1) is 11.3 Å². The molecule has 1 amide bonds. The van der Waals surface area contributed by atoms with Crippen LogP contribution in [0.2, 0.25) is 0 Å². The number of nitrogens with zero attached hydrogens (tertiary/aromatic N) is 1. The zero-order chi connectivity index (χ0) is 16.9. The van der Waals surface area contributed by atoms with Crippen molar-refractivity contribution >= 4 is 22.9 Å². The summed E-state index contributed by atoms with van der Waals surface area (Å²) in [6, 6.07) is 6.08. The molecule has 3 rings (SSSR count). The van der Waals surface area contributed by atoms with Crippen molar-refractivity contribution in [2.45, 2.75) is 26.8 Å². The van der Waals surface area contributed by atoms with E-state index < -0.39 is 0 Å². The third-order valence-electron chi connectivity index (χ3n) is 4.21. The Morgan fingerprint density at radius 1 is 1.33 bits per heavy atom. The zero-order valence-corrected chi connectivity index (χ0v) is 15.0. The van der Waals surface area contributed by atoms with Crippen LogP contribution < -0.4 is 10.2 Å². The van der Waals surface area contributed by atoms with Gasteiger partial charge in [-0.1, -0.05) is 12.1 Å². The van der Waals surface area contributed by atoms with Crippen LogP contribution in [0.1, 0.15) is 21.8 Å². The van der Waals surface area contributed by atoms with Gasteiger partial charge in [-0.05, 0) is 31.0 Å². The predicted molar refractivity (Wildman–Crippen MR) is 95.6 cm³/mol. The molecular formula is C18H24N3O2S+. The number of hydrogen-bond donors (Lipinski definition) is 2. The van der Waals surface area contributed by atoms with E-state index >= 15 is 0 Å². The summed E-state index contributed by atoms with van der Waals surface area (Å²) in [5.41, 5.74) is 4.17. The fourth-order valence-corrected chi connectivity index (χ4v) is 3.60. The van der Waals surface area contributed by atoms with E-state index in [1.54, 1.807) is 11.3 Å². The lowest BCUT2D eigenvalue weighted by atomic mass is 10.1. The highest BCUT2D eigenvalue weighted by Gasteiger charge is 2.16. The number of aromatic nitrogens is 1. The molecule has 0 unspecified atom stereocenters. The number of hydrogen-bond acceptors (Lipinski definition) is 4. The molecule has 0 aliphatic carbocycles. The maximum absolute atomic E-state index is 12.3. The van der Waals surface area contributed by atoms with Crippen molar-refractivity contribution in [2.24, 2.45) is 0 Å². The number of rotatable bonds is 5. The largest absolute Gasteiger partial charge is 0.370 e. The number of anilines is 1. The minimum Gasteiger partial charge on any atom is -0.370 e. The molecule has 24 heavy (non-hydrogen) atoms. The van der Waals surface area contributed by atoms with E-state index in [2.05, 4.69) is 15.7 Å². The van der Waals surface area contributed by atoms with E-state index in [-0.39, 0.29) is 5.91 Å². The second kappa shape index (κ2) is 7.88. The van der Waals surface area contributed by atoms with Crippen LogP contribution in [0.3, 0.4) is 0 Å². The molecule has 1 saturated heterocycles. The lowest BCUT2D eigenvalue weighted by Gasteiger charge is -2.22. The van der Waals surface area contributed by atoms with Crippen molar-refractivity contribution < 1.29 is 14.4 Å². The van der Waals surface area contributed by atoms with Crippen molar-refractivity contribution in [2.75, 3.05) is 31.6 Å². The van der Waals surface area contributed by atoms with Gasteiger partial charge in [0.25, 0.3) is 0 Å². The summed E-state index contributed by atoms with van der Waals surface area (Å²) < 4.78 is 5.38. The molecule has 128 valence electrons. The molecule has 0 atom stereocenters. The maximum Gasteiger partial charge on any atom is 0.231 e. The van der Waals surface area contributed by atoms with E-state index in [0.29, 0.717) is 6.42 Å². The number of carbonyl (C=O) groups is 1. The first-order valence-corrected chi connectivity index (χ1v) is 9.20. The van der Waals surface area contributed by atoms with Gasteiger partial charge in [0.05, 0.1) is 19.6 Å². The van der Waals surface area contributed by atoms with Crippen LogP contribution in [0, 0.1) is 13.8 Å². The molecular weight excluding hydrogens is 322 g/mol. The molecule has 1 fully saturated rings. The predicted octanol–water partition coefficient (Wildman–Crippen LogP) is 1.36. The number of quaternary nitrogens is 1. The summed E-state index contributed by atoms with van der Waals surface area (Å²) in [5, 5.41) is 5.94. The number of aryl methyl sites for hydroxylation is 2. The first-order valence-electron chi connectivity index (χ1n) is 8.32. The Morgan fingerprint density at radius 3 is 2.92 bits per heavy atom. The van der Waals surface area contributed by atoms with E-state index in [0.717, 1.165) is 60.4 Å². The van der Waals surface area contributed by atoms with E-state index in [1.165, 1.54) is 4.90 Å². The Kier molecular flexibility index (Phi) is 5.60. The van der Waals surface area contributed by atoms with E-state index in [1.807, 2.05) is 32.0 Å². The van der Waals surface area contributed by atoms with Crippen LogP contribution in [0.5, 0.6) is 0 Å². The standard InChI is InChI=1S/C18H23N3O2S/c1-13-3-4-14(2)16(9-13)20-17(22)10-18-19-15(12-24-18)11-21-5-7-23-8-6-21/h3-4,9,12H,5-8,10-11H2,1-2H3,(H,20,22)/p+1. The molecule has 0 saturated carbocycles. The Hall–Kier alpha value is -1.76. The number of thiazole rings is 1. The smallest absolute Gasteiger partial charge is 0.231 e. The van der Waals surface area contributed by atoms with Crippen molar-refractivity contribution in [3.8, 4) is 0 Å². The molecule has 0 bridgehead atoms. The lowest BCUT2D eigenvalue weighted by molar-refractivity contribution is -0.921. The van der Waals surface area contributed by atoms with Crippen molar-refractivity contribution in [1.82, 2.24) is 4.98 Å². The van der Waals surface area contributed by atoms with Crippen molar-refractivity contribution in [3.05, 3.63) is 45.4 Å². The Labute approximate surface area is 146 Å². The average molecular weight is 346 g/mol. The highest BCUT2D eigenvalue weighted by Crippen LogP contribution is 2.17. The summed E-state index contributed by atoms with van der Waals surface area (Å²) in [6.07, 6.45) is 0.330. The van der Waals surface area contributed by atoms with E-state index in [4.69, 9.17) is 4.74 Å². The van der Waals surface area contributed by atoms with Gasteiger partial charge in [0, 0.05) is 11.1 Å². The monoisotopic (exact) mass is 346 g/mol. The minimum absolute atomic E-state index is 0.0108. The van der Waals surface area contributed by atoms with Crippen molar-refractivity contribution in [1.29, 1.82) is 0 Å². The molecule has 2 aromatic rings. The molecule has 0 spiro atoms. The zero-order valence-electron chi connectivity index (χ0n) is 14.2. The van der Waals surface area contributed by atoms with Gasteiger partial charge in [-0.2, -0.15) is 0 Å². The topological polar surface area (TPSA) is 55.7 Å². The average Bonchev–Trinajstić information content (AvgIpc) is 2.98. The first kappa shape index (κ1) is 17.1. The number of ether oxygens (including phenoxy) is 1. The molecule has 2 heterocycles. The molecule has 5 nitrogen and oxygen atoms in total. The fraction of sp³-hybridized carbons (Fsp3) is 0.444. The van der Waals surface area contributed by atoms with Gasteiger partial charge in [-0.25, -0.2) is 4.98 Å². The Morgan fingerprint density at radius 2 is 2.12 bits per heavy atom. The van der Waals surface area contributed by atoms with E-state index in [9.17, 15) is 4.79 Å². The summed E-state index contributed by atoms with van der Waals surface area (Å²) in [4.78, 5) is 18.4. The van der Waals surface area contributed by atoms with Crippen LogP contribution in [-0.4, -0.2) is 37.2 Å². The highest BCUT2D eigenvalue weighted by molar-refractivity contribution is 7.09. The van der Waals surface area contributed by atoms with Gasteiger partial charge >= 0.3 is 0 Å². The van der Waals surface area contributed by atoms with Gasteiger partial charge in [-0.3, -0.25) is 4.79 Å². The molecule has 1 aliphatic rings. The molecule has 1 aromatic carbocycles. The van der Waals surface area contributed by atoms with Gasteiger partial charge in [0.15, 0.2) is 0 Å². The van der Waals surface area contributed by atoms with Crippen LogP contribution in [0.4, 0.5) is 5.69 Å². The van der Waals surface area contributed by atoms with Crippen molar-refractivity contribution in [3.63, 3.8) is 0 Å². The number of amides is 1. The lowest BCUT2D eigenvalue weighted by Crippen LogP contribution is -3.12. The normalized spacial score (nSPS) is 15.4. The summed E-state index contributed by atoms with van der Waals surface area (Å²) >= 11 is 1.57. The number of morpholine rings is 1. The Balaban J connectivity index is 1.55. The van der Waals surface area contributed by atoms with Gasteiger partial charge in [0.1, 0.15) is 30.3 Å². The summed E-state index contributed by atoms with van der Waals surface area (Å²) in [5.74, 6) is -0.0108. The van der Waals surface area contributed by atoms with Crippen LogP contribution in [0.25, 0.3) is 0 Å². The molecule has 2 N–H and O–H groups in total. The molecule has 6 heteroatoms. The van der Waals surface area contributed by atoms with Gasteiger partial charge in [0.2, 0.25) is 5.91 Å². The van der Waals surface area contributed by atoms with Crippen LogP contribution in [0.15, 0.2) is 23.6 Å². The molecule has 1 aromatic heterocycles. The second-order valence-corrected chi connectivity index (χ2v) is 7.26. The SMILES string of the molecule is Cc1ccc(C)c(NC(=O)Cc2nc(C[NH+]3CCOCC3)cs2)c1.